The topological polar surface area (TPSA) is 61.9 Å². The number of aryl methyl sites for hydroxylation is 2. The molecule has 0 spiro atoms. The lowest BCUT2D eigenvalue weighted by Gasteiger charge is -2.35. The number of thiophene rings is 1. The van der Waals surface area contributed by atoms with Crippen LogP contribution in [0.5, 0.6) is 0 Å². The van der Waals surface area contributed by atoms with E-state index in [0.29, 0.717) is 19.2 Å². The summed E-state index contributed by atoms with van der Waals surface area (Å²) in [5.74, 6) is 2.01. The predicted octanol–water partition coefficient (Wildman–Crippen LogP) is 5.21. The van der Waals surface area contributed by atoms with Gasteiger partial charge in [0.15, 0.2) is 0 Å². The van der Waals surface area contributed by atoms with Gasteiger partial charge in [0.25, 0.3) is 5.91 Å². The maximum absolute atomic E-state index is 13.2. The van der Waals surface area contributed by atoms with E-state index in [9.17, 15) is 4.79 Å². The van der Waals surface area contributed by atoms with Crippen molar-refractivity contribution in [2.75, 3.05) is 37.7 Å². The molecule has 0 radical (unpaired) electrons. The second-order valence-corrected chi connectivity index (χ2v) is 10.6. The van der Waals surface area contributed by atoms with E-state index in [0.717, 1.165) is 77.5 Å². The lowest BCUT2D eigenvalue weighted by Crippen LogP contribution is -2.49. The minimum absolute atomic E-state index is 0.0935. The molecule has 1 amide bonds. The molecule has 0 saturated carbocycles. The fourth-order valence-corrected chi connectivity index (χ4v) is 5.77. The third-order valence-corrected chi connectivity index (χ3v) is 8.19. The van der Waals surface area contributed by atoms with Crippen molar-refractivity contribution < 1.29 is 9.53 Å². The molecule has 0 unspecified atom stereocenters. The second-order valence-electron chi connectivity index (χ2n) is 9.47. The van der Waals surface area contributed by atoms with Gasteiger partial charge >= 0.3 is 0 Å². The summed E-state index contributed by atoms with van der Waals surface area (Å²) in [5.41, 5.74) is 3.02. The number of carbonyl (C=O) groups is 1. The Labute approximate surface area is 215 Å². The number of aromatic nitrogens is 2. The van der Waals surface area contributed by atoms with Gasteiger partial charge in [-0.05, 0) is 42.2 Å². The van der Waals surface area contributed by atoms with Crippen LogP contribution >= 0.6 is 11.3 Å². The van der Waals surface area contributed by atoms with Gasteiger partial charge in [-0.15, -0.1) is 11.3 Å². The van der Waals surface area contributed by atoms with Gasteiger partial charge in [-0.25, -0.2) is 9.97 Å². The Morgan fingerprint density at radius 2 is 1.72 bits per heavy atom. The Bertz CT molecular complexity index is 1360. The summed E-state index contributed by atoms with van der Waals surface area (Å²) in [7, 11) is 0. The zero-order valence-corrected chi connectivity index (χ0v) is 21.3. The van der Waals surface area contributed by atoms with Crippen LogP contribution in [0.25, 0.3) is 21.3 Å². The molecule has 0 aliphatic carbocycles. The molecule has 2 aromatic heterocycles. The highest BCUT2D eigenvalue weighted by Gasteiger charge is 2.26. The zero-order chi connectivity index (χ0) is 24.5. The smallest absolute Gasteiger partial charge is 0.253 e. The van der Waals surface area contributed by atoms with Crippen LogP contribution in [0.4, 0.5) is 5.82 Å². The molecule has 2 fully saturated rings. The van der Waals surface area contributed by atoms with Crippen molar-refractivity contribution in [1.29, 1.82) is 0 Å². The molecule has 0 N–H and O–H groups in total. The number of fused-ring (bicyclic) bond motifs is 1. The Morgan fingerprint density at radius 1 is 1.00 bits per heavy atom. The number of hydrogen-bond donors (Lipinski definition) is 0. The fraction of sp³-hybridized carbons (Fsp3) is 0.345. The van der Waals surface area contributed by atoms with Crippen LogP contribution in [0.1, 0.15) is 34.4 Å². The van der Waals surface area contributed by atoms with E-state index < -0.39 is 0 Å². The summed E-state index contributed by atoms with van der Waals surface area (Å²) in [6, 6.07) is 20.4. The number of anilines is 1. The quantitative estimate of drug-likeness (QED) is 0.327. The molecule has 0 bridgehead atoms. The Morgan fingerprint density at radius 3 is 2.42 bits per heavy atom. The van der Waals surface area contributed by atoms with Gasteiger partial charge < -0.3 is 14.5 Å². The van der Waals surface area contributed by atoms with E-state index in [1.165, 1.54) is 4.88 Å². The molecule has 2 saturated heterocycles. The number of hydrogen-bond acceptors (Lipinski definition) is 6. The van der Waals surface area contributed by atoms with Crippen molar-refractivity contribution in [2.24, 2.45) is 0 Å². The van der Waals surface area contributed by atoms with Crippen LogP contribution in [0.2, 0.25) is 0 Å². The molecular formula is C29H30N4O2S. The van der Waals surface area contributed by atoms with Gasteiger partial charge in [-0.2, -0.15) is 0 Å². The highest BCUT2D eigenvalue weighted by Crippen LogP contribution is 2.32. The lowest BCUT2D eigenvalue weighted by molar-refractivity contribution is 0.0746. The fourth-order valence-electron chi connectivity index (χ4n) is 4.79. The van der Waals surface area contributed by atoms with Crippen LogP contribution in [0, 0.1) is 0 Å². The van der Waals surface area contributed by atoms with Crippen molar-refractivity contribution in [3.63, 3.8) is 0 Å². The van der Waals surface area contributed by atoms with Crippen LogP contribution in [-0.2, 0) is 17.6 Å². The summed E-state index contributed by atoms with van der Waals surface area (Å²) >= 11 is 1.77. The van der Waals surface area contributed by atoms with Crippen molar-refractivity contribution in [3.8, 4) is 11.1 Å². The minimum Gasteiger partial charge on any atom is -0.373 e. The third-order valence-electron chi connectivity index (χ3n) is 7.02. The van der Waals surface area contributed by atoms with Crippen LogP contribution in [0.15, 0.2) is 60.7 Å². The predicted molar refractivity (Wildman–Crippen MR) is 145 cm³/mol. The van der Waals surface area contributed by atoms with Gasteiger partial charge in [0.1, 0.15) is 16.5 Å². The summed E-state index contributed by atoms with van der Waals surface area (Å²) < 4.78 is 5.38. The number of amides is 1. The Kier molecular flexibility index (Phi) is 6.42. The first-order chi connectivity index (χ1) is 17.7. The molecule has 4 aromatic rings. The maximum Gasteiger partial charge on any atom is 0.253 e. The third kappa shape index (κ3) is 4.86. The number of ether oxygens (including phenoxy) is 1. The maximum atomic E-state index is 13.2. The normalized spacial score (nSPS) is 17.5. The van der Waals surface area contributed by atoms with Gasteiger partial charge in [-0.1, -0.05) is 49.4 Å². The van der Waals surface area contributed by atoms with E-state index in [1.807, 2.05) is 47.4 Å². The van der Waals surface area contributed by atoms with Crippen LogP contribution in [-0.4, -0.2) is 59.7 Å². The molecule has 4 heterocycles. The van der Waals surface area contributed by atoms with E-state index in [-0.39, 0.29) is 5.91 Å². The molecule has 1 atom stereocenters. The van der Waals surface area contributed by atoms with Crippen LogP contribution < -0.4 is 4.90 Å². The largest absolute Gasteiger partial charge is 0.373 e. The first kappa shape index (κ1) is 23.1. The number of benzene rings is 2. The highest BCUT2D eigenvalue weighted by molar-refractivity contribution is 7.18. The summed E-state index contributed by atoms with van der Waals surface area (Å²) in [5, 5.41) is 1.14. The first-order valence-electron chi connectivity index (χ1n) is 12.8. The average molecular weight is 499 g/mol. The molecule has 6 nitrogen and oxygen atoms in total. The highest BCUT2D eigenvalue weighted by atomic mass is 32.1. The summed E-state index contributed by atoms with van der Waals surface area (Å²) in [6.07, 6.45) is 3.18. The molecule has 2 aliphatic rings. The molecule has 7 heteroatoms. The van der Waals surface area contributed by atoms with Crippen molar-refractivity contribution in [3.05, 3.63) is 76.9 Å². The second kappa shape index (κ2) is 9.99. The first-order valence-corrected chi connectivity index (χ1v) is 13.6. The molecule has 184 valence electrons. The molecular weight excluding hydrogens is 468 g/mol. The summed E-state index contributed by atoms with van der Waals surface area (Å²) in [4.78, 5) is 29.8. The minimum atomic E-state index is 0.0935. The Balaban J connectivity index is 1.16. The average Bonchev–Trinajstić information content (AvgIpc) is 3.68. The molecule has 2 aliphatic heterocycles. The SMILES string of the molecule is CCc1cc2c(N3CCN(C(=O)c4ccc(-c5ccccc5)cc4)CC3)nc(CC[C@H]3CO3)nc2s1. The number of rotatable bonds is 7. The van der Waals surface area contributed by atoms with Crippen molar-refractivity contribution in [1.82, 2.24) is 14.9 Å². The lowest BCUT2D eigenvalue weighted by atomic mass is 10.0. The summed E-state index contributed by atoms with van der Waals surface area (Å²) in [6.45, 7) is 5.94. The van der Waals surface area contributed by atoms with E-state index >= 15 is 0 Å². The molecule has 6 rings (SSSR count). The molecule has 36 heavy (non-hydrogen) atoms. The van der Waals surface area contributed by atoms with Crippen LogP contribution in [0.3, 0.4) is 0 Å². The van der Waals surface area contributed by atoms with Crippen molar-refractivity contribution >= 4 is 33.3 Å². The van der Waals surface area contributed by atoms with E-state index in [2.05, 4.69) is 30.0 Å². The number of epoxide rings is 1. The standard InChI is InChI=1S/C29H30N4O2S/c1-2-24-18-25-27(30-26(31-28(25)36-24)13-12-23-19-35-23)32-14-16-33(17-15-32)29(34)22-10-8-21(9-11-22)20-6-4-3-5-7-20/h3-11,18,23H,2,12-17,19H2,1H3/t23-/m0/s1. The zero-order valence-electron chi connectivity index (χ0n) is 20.5. The number of nitrogens with zero attached hydrogens (tertiary/aromatic N) is 4. The number of carbonyl (C=O) groups excluding carboxylic acids is 1. The van der Waals surface area contributed by atoms with E-state index in [1.54, 1.807) is 11.3 Å². The monoisotopic (exact) mass is 498 g/mol. The number of piperazine rings is 1. The Hall–Kier alpha value is -3.29. The van der Waals surface area contributed by atoms with Gasteiger partial charge in [0.05, 0.1) is 18.1 Å². The van der Waals surface area contributed by atoms with Crippen molar-refractivity contribution in [2.45, 2.75) is 32.3 Å². The van der Waals surface area contributed by atoms with Gasteiger partial charge in [0.2, 0.25) is 0 Å². The van der Waals surface area contributed by atoms with E-state index in [4.69, 9.17) is 14.7 Å². The molecule has 2 aromatic carbocycles. The van der Waals surface area contributed by atoms with Gasteiger partial charge in [-0.3, -0.25) is 4.79 Å². The van der Waals surface area contributed by atoms with Gasteiger partial charge in [0, 0.05) is 43.0 Å².